The van der Waals surface area contributed by atoms with Crippen molar-refractivity contribution in [3.63, 3.8) is 0 Å². The highest BCUT2D eigenvalue weighted by molar-refractivity contribution is 5.92. The third-order valence-corrected chi connectivity index (χ3v) is 4.95. The van der Waals surface area contributed by atoms with Crippen LogP contribution in [0.25, 0.3) is 22.3 Å². The van der Waals surface area contributed by atoms with E-state index in [-0.39, 0.29) is 6.10 Å². The summed E-state index contributed by atoms with van der Waals surface area (Å²) in [5.41, 5.74) is 2.80. The van der Waals surface area contributed by atoms with Crippen LogP contribution in [0.4, 0.5) is 11.5 Å². The van der Waals surface area contributed by atoms with Crippen LogP contribution in [0.15, 0.2) is 67.0 Å². The molecule has 3 heterocycles. The van der Waals surface area contributed by atoms with Gasteiger partial charge in [-0.3, -0.25) is 4.68 Å². The number of hydrogen-bond acceptors (Lipinski definition) is 5. The topological polar surface area (TPSA) is 64.9 Å². The lowest BCUT2D eigenvalue weighted by Gasteiger charge is -2.10. The van der Waals surface area contributed by atoms with Crippen LogP contribution in [0.1, 0.15) is 12.8 Å². The van der Waals surface area contributed by atoms with Gasteiger partial charge >= 0.3 is 0 Å². The van der Waals surface area contributed by atoms with Gasteiger partial charge in [-0.25, -0.2) is 9.97 Å². The summed E-state index contributed by atoms with van der Waals surface area (Å²) in [7, 11) is 0. The summed E-state index contributed by atoms with van der Waals surface area (Å²) < 4.78 is 7.64. The van der Waals surface area contributed by atoms with E-state index in [2.05, 4.69) is 10.4 Å². The van der Waals surface area contributed by atoms with E-state index in [1.165, 1.54) is 0 Å². The maximum atomic E-state index is 5.70. The molecule has 0 bridgehead atoms. The van der Waals surface area contributed by atoms with Gasteiger partial charge in [-0.2, -0.15) is 5.10 Å². The third-order valence-electron chi connectivity index (χ3n) is 4.95. The van der Waals surface area contributed by atoms with Crippen LogP contribution in [0, 0.1) is 0 Å². The van der Waals surface area contributed by atoms with E-state index < -0.39 is 0 Å². The Morgan fingerprint density at radius 2 is 1.89 bits per heavy atom. The molecule has 6 heteroatoms. The molecule has 28 heavy (non-hydrogen) atoms. The lowest BCUT2D eigenvalue weighted by molar-refractivity contribution is 0.0940. The normalized spacial score (nSPS) is 16.5. The van der Waals surface area contributed by atoms with Crippen LogP contribution >= 0.6 is 0 Å². The lowest BCUT2D eigenvalue weighted by atomic mass is 10.2. The molecule has 0 radical (unpaired) electrons. The molecule has 2 aromatic heterocycles. The van der Waals surface area contributed by atoms with Crippen molar-refractivity contribution >= 4 is 22.4 Å². The maximum absolute atomic E-state index is 5.70. The molecule has 1 aliphatic heterocycles. The van der Waals surface area contributed by atoms with E-state index in [0.29, 0.717) is 5.82 Å². The first-order chi connectivity index (χ1) is 13.8. The lowest BCUT2D eigenvalue weighted by Crippen LogP contribution is -2.15. The molecule has 6 nitrogen and oxygen atoms in total. The summed E-state index contributed by atoms with van der Waals surface area (Å²) in [5.74, 6) is 1.48. The zero-order chi connectivity index (χ0) is 18.8. The molecule has 2 aromatic carbocycles. The highest BCUT2D eigenvalue weighted by Gasteiger charge is 2.16. The van der Waals surface area contributed by atoms with Crippen LogP contribution < -0.4 is 5.32 Å². The third kappa shape index (κ3) is 3.46. The first-order valence-electron chi connectivity index (χ1n) is 9.58. The second kappa shape index (κ2) is 7.40. The average molecular weight is 371 g/mol. The van der Waals surface area contributed by atoms with Crippen LogP contribution in [-0.4, -0.2) is 32.5 Å². The molecule has 1 aliphatic rings. The van der Waals surface area contributed by atoms with Crippen molar-refractivity contribution in [2.75, 3.05) is 11.9 Å². The van der Waals surface area contributed by atoms with E-state index in [1.807, 2.05) is 71.7 Å². The Labute approximate surface area is 163 Å². The summed E-state index contributed by atoms with van der Waals surface area (Å²) in [6.07, 6.45) is 6.32. The maximum Gasteiger partial charge on any atom is 0.162 e. The molecule has 0 aliphatic carbocycles. The van der Waals surface area contributed by atoms with Gasteiger partial charge in [0.15, 0.2) is 5.82 Å². The smallest absolute Gasteiger partial charge is 0.162 e. The monoisotopic (exact) mass is 371 g/mol. The van der Waals surface area contributed by atoms with Crippen molar-refractivity contribution < 1.29 is 4.74 Å². The summed E-state index contributed by atoms with van der Waals surface area (Å²) in [6, 6.07) is 18.1. The van der Waals surface area contributed by atoms with Crippen molar-refractivity contribution in [1.82, 2.24) is 19.7 Å². The van der Waals surface area contributed by atoms with Crippen LogP contribution in [0.2, 0.25) is 0 Å². The van der Waals surface area contributed by atoms with Crippen molar-refractivity contribution in [2.24, 2.45) is 0 Å². The Morgan fingerprint density at radius 3 is 2.75 bits per heavy atom. The molecule has 1 fully saturated rings. The average Bonchev–Trinajstić information content (AvgIpc) is 3.41. The number of anilines is 2. The summed E-state index contributed by atoms with van der Waals surface area (Å²) in [6.45, 7) is 1.63. The second-order valence-electron chi connectivity index (χ2n) is 6.99. The highest BCUT2D eigenvalue weighted by atomic mass is 16.5. The van der Waals surface area contributed by atoms with Crippen molar-refractivity contribution in [3.8, 4) is 11.4 Å². The number of nitrogens with zero attached hydrogens (tertiary/aromatic N) is 4. The second-order valence-corrected chi connectivity index (χ2v) is 6.99. The van der Waals surface area contributed by atoms with Gasteiger partial charge in [-0.15, -0.1) is 0 Å². The predicted molar refractivity (Wildman–Crippen MR) is 109 cm³/mol. The van der Waals surface area contributed by atoms with Gasteiger partial charge in [0.1, 0.15) is 5.82 Å². The molecule has 0 spiro atoms. The Morgan fingerprint density at radius 1 is 1.04 bits per heavy atom. The number of hydrogen-bond donors (Lipinski definition) is 1. The first kappa shape index (κ1) is 16.9. The molecule has 0 amide bonds. The SMILES string of the molecule is c1ccc(-c2nc(Nc3cnn(CC4CCCO4)c3)c3ccccc3n2)cc1. The predicted octanol–water partition coefficient (Wildman–Crippen LogP) is 4.42. The molecular formula is C22H21N5O. The fourth-order valence-corrected chi connectivity index (χ4v) is 3.55. The molecule has 1 saturated heterocycles. The van der Waals surface area contributed by atoms with E-state index in [1.54, 1.807) is 0 Å². The molecule has 1 unspecified atom stereocenters. The Balaban J connectivity index is 1.47. The van der Waals surface area contributed by atoms with Gasteiger partial charge in [0, 0.05) is 23.8 Å². The van der Waals surface area contributed by atoms with E-state index in [0.717, 1.165) is 54.0 Å². The Hall–Kier alpha value is -3.25. The quantitative estimate of drug-likeness (QED) is 0.563. The van der Waals surface area contributed by atoms with Crippen LogP contribution in [-0.2, 0) is 11.3 Å². The number of aromatic nitrogens is 4. The fourth-order valence-electron chi connectivity index (χ4n) is 3.55. The van der Waals surface area contributed by atoms with E-state index in [4.69, 9.17) is 14.7 Å². The van der Waals surface area contributed by atoms with Gasteiger partial charge in [0.25, 0.3) is 0 Å². The minimum atomic E-state index is 0.261. The van der Waals surface area contributed by atoms with Crippen molar-refractivity contribution in [1.29, 1.82) is 0 Å². The number of ether oxygens (including phenoxy) is 1. The van der Waals surface area contributed by atoms with Gasteiger partial charge in [0.2, 0.25) is 0 Å². The zero-order valence-electron chi connectivity index (χ0n) is 15.5. The number of para-hydroxylation sites is 1. The number of rotatable bonds is 5. The van der Waals surface area contributed by atoms with Crippen molar-refractivity contribution in [3.05, 3.63) is 67.0 Å². The Bertz CT molecular complexity index is 1090. The standard InChI is InChI=1S/C22H21N5O/c1-2-7-16(8-3-1)21-25-20-11-5-4-10-19(20)22(26-21)24-17-13-23-27(14-17)15-18-9-6-12-28-18/h1-5,7-8,10-11,13-14,18H,6,9,12,15H2,(H,24,25,26). The van der Waals surface area contributed by atoms with Gasteiger partial charge in [-0.05, 0) is 25.0 Å². The number of nitrogens with one attached hydrogen (secondary N) is 1. The zero-order valence-corrected chi connectivity index (χ0v) is 15.5. The Kier molecular flexibility index (Phi) is 4.47. The molecule has 5 rings (SSSR count). The minimum absolute atomic E-state index is 0.261. The first-order valence-corrected chi connectivity index (χ1v) is 9.58. The van der Waals surface area contributed by atoms with Gasteiger partial charge in [0.05, 0.1) is 30.0 Å². The van der Waals surface area contributed by atoms with Gasteiger partial charge in [-0.1, -0.05) is 42.5 Å². The molecule has 140 valence electrons. The molecule has 1 atom stereocenters. The summed E-state index contributed by atoms with van der Waals surface area (Å²) in [5, 5.41) is 8.87. The number of fused-ring (bicyclic) bond motifs is 1. The summed E-state index contributed by atoms with van der Waals surface area (Å²) >= 11 is 0. The summed E-state index contributed by atoms with van der Waals surface area (Å²) in [4.78, 5) is 9.53. The van der Waals surface area contributed by atoms with Crippen molar-refractivity contribution in [2.45, 2.75) is 25.5 Å². The molecule has 0 saturated carbocycles. The molecular weight excluding hydrogens is 350 g/mol. The highest BCUT2D eigenvalue weighted by Crippen LogP contribution is 2.27. The van der Waals surface area contributed by atoms with E-state index >= 15 is 0 Å². The fraction of sp³-hybridized carbons (Fsp3) is 0.227. The van der Waals surface area contributed by atoms with Gasteiger partial charge < -0.3 is 10.1 Å². The molecule has 1 N–H and O–H groups in total. The van der Waals surface area contributed by atoms with Crippen LogP contribution in [0.3, 0.4) is 0 Å². The largest absolute Gasteiger partial charge is 0.376 e. The van der Waals surface area contributed by atoms with E-state index in [9.17, 15) is 0 Å². The number of benzene rings is 2. The minimum Gasteiger partial charge on any atom is -0.376 e. The molecule has 4 aromatic rings. The van der Waals surface area contributed by atoms with Crippen LogP contribution in [0.5, 0.6) is 0 Å².